The normalized spacial score (nSPS) is 15.9. The highest BCUT2D eigenvalue weighted by Crippen LogP contribution is 2.20. The van der Waals surface area contributed by atoms with Crippen molar-refractivity contribution in [3.8, 4) is 11.4 Å². The van der Waals surface area contributed by atoms with Crippen LogP contribution in [0, 0.1) is 11.7 Å². The SMILES string of the molecule is CCCCNC(=O)C1CCN(Cc2nc(-c3ccc(F)cc3)no2)CC1. The maximum Gasteiger partial charge on any atom is 0.241 e. The fourth-order valence-electron chi connectivity index (χ4n) is 3.11. The molecule has 2 heterocycles. The lowest BCUT2D eigenvalue weighted by Crippen LogP contribution is -2.40. The summed E-state index contributed by atoms with van der Waals surface area (Å²) in [6.45, 7) is 5.12. The number of likely N-dealkylation sites (tertiary alicyclic amines) is 1. The van der Waals surface area contributed by atoms with Gasteiger partial charge in [-0.1, -0.05) is 18.5 Å². The van der Waals surface area contributed by atoms with Crippen molar-refractivity contribution < 1.29 is 13.7 Å². The van der Waals surface area contributed by atoms with Gasteiger partial charge in [0.1, 0.15) is 5.82 Å². The Hall–Kier alpha value is -2.28. The van der Waals surface area contributed by atoms with Crippen molar-refractivity contribution in [2.24, 2.45) is 5.92 Å². The number of benzene rings is 1. The number of hydrogen-bond donors (Lipinski definition) is 1. The summed E-state index contributed by atoms with van der Waals surface area (Å²) in [6, 6.07) is 6.02. The molecule has 1 aromatic carbocycles. The molecule has 1 saturated heterocycles. The first-order valence-electron chi connectivity index (χ1n) is 9.24. The number of amides is 1. The summed E-state index contributed by atoms with van der Waals surface area (Å²) >= 11 is 0. The molecule has 2 aromatic rings. The van der Waals surface area contributed by atoms with Crippen molar-refractivity contribution in [2.75, 3.05) is 19.6 Å². The molecule has 0 bridgehead atoms. The van der Waals surface area contributed by atoms with Crippen molar-refractivity contribution in [3.05, 3.63) is 36.0 Å². The van der Waals surface area contributed by atoms with Crippen LogP contribution in [0.4, 0.5) is 4.39 Å². The Kier molecular flexibility index (Phi) is 6.33. The van der Waals surface area contributed by atoms with Gasteiger partial charge in [0.15, 0.2) is 0 Å². The van der Waals surface area contributed by atoms with Gasteiger partial charge in [-0.05, 0) is 56.6 Å². The molecule has 1 fully saturated rings. The van der Waals surface area contributed by atoms with Crippen LogP contribution in [-0.2, 0) is 11.3 Å². The molecule has 3 rings (SSSR count). The second-order valence-electron chi connectivity index (χ2n) is 6.71. The van der Waals surface area contributed by atoms with E-state index >= 15 is 0 Å². The van der Waals surface area contributed by atoms with E-state index in [4.69, 9.17) is 4.52 Å². The zero-order valence-electron chi connectivity index (χ0n) is 15.1. The molecule has 6 nitrogen and oxygen atoms in total. The van der Waals surface area contributed by atoms with Gasteiger partial charge in [-0.15, -0.1) is 0 Å². The number of carbonyl (C=O) groups is 1. The molecule has 26 heavy (non-hydrogen) atoms. The molecular formula is C19H25FN4O2. The first-order chi connectivity index (χ1) is 12.7. The van der Waals surface area contributed by atoms with Gasteiger partial charge in [0.2, 0.25) is 17.6 Å². The summed E-state index contributed by atoms with van der Waals surface area (Å²) in [5.74, 6) is 0.981. The Bertz CT molecular complexity index is 709. The Balaban J connectivity index is 1.47. The van der Waals surface area contributed by atoms with Crippen LogP contribution in [0.2, 0.25) is 0 Å². The fraction of sp³-hybridized carbons (Fsp3) is 0.526. The molecular weight excluding hydrogens is 335 g/mol. The standard InChI is InChI=1S/C19H25FN4O2/c1-2-3-10-21-19(25)15-8-11-24(12-9-15)13-17-22-18(23-26-17)14-4-6-16(20)7-5-14/h4-7,15H,2-3,8-13H2,1H3,(H,21,25). The largest absolute Gasteiger partial charge is 0.356 e. The second kappa shape index (κ2) is 8.89. The monoisotopic (exact) mass is 360 g/mol. The van der Waals surface area contributed by atoms with Gasteiger partial charge in [-0.25, -0.2) is 4.39 Å². The molecule has 7 heteroatoms. The van der Waals surface area contributed by atoms with Crippen LogP contribution >= 0.6 is 0 Å². The molecule has 0 atom stereocenters. The minimum absolute atomic E-state index is 0.0977. The molecule has 0 saturated carbocycles. The number of unbranched alkanes of at least 4 members (excludes halogenated alkanes) is 1. The lowest BCUT2D eigenvalue weighted by Gasteiger charge is -2.30. The Morgan fingerprint density at radius 3 is 2.73 bits per heavy atom. The molecule has 1 amide bonds. The quantitative estimate of drug-likeness (QED) is 0.769. The van der Waals surface area contributed by atoms with Gasteiger partial charge in [-0.2, -0.15) is 4.98 Å². The number of piperidine rings is 1. The predicted octanol–water partition coefficient (Wildman–Crippen LogP) is 3.00. The fourth-order valence-corrected chi connectivity index (χ4v) is 3.11. The van der Waals surface area contributed by atoms with E-state index in [1.54, 1.807) is 12.1 Å². The van der Waals surface area contributed by atoms with E-state index in [9.17, 15) is 9.18 Å². The van der Waals surface area contributed by atoms with E-state index in [-0.39, 0.29) is 17.6 Å². The van der Waals surface area contributed by atoms with Crippen LogP contribution in [0.1, 0.15) is 38.5 Å². The number of aromatic nitrogens is 2. The number of rotatable bonds is 7. The van der Waals surface area contributed by atoms with Gasteiger partial charge >= 0.3 is 0 Å². The van der Waals surface area contributed by atoms with Crippen LogP contribution in [0.25, 0.3) is 11.4 Å². The number of halogens is 1. The van der Waals surface area contributed by atoms with Crippen LogP contribution in [0.5, 0.6) is 0 Å². The van der Waals surface area contributed by atoms with Crippen LogP contribution < -0.4 is 5.32 Å². The summed E-state index contributed by atoms with van der Waals surface area (Å²) in [6.07, 6.45) is 3.80. The Morgan fingerprint density at radius 2 is 2.04 bits per heavy atom. The predicted molar refractivity (Wildman–Crippen MR) is 95.6 cm³/mol. The zero-order valence-corrected chi connectivity index (χ0v) is 15.1. The highest BCUT2D eigenvalue weighted by molar-refractivity contribution is 5.78. The molecule has 0 aliphatic carbocycles. The third-order valence-electron chi connectivity index (χ3n) is 4.72. The molecule has 0 unspecified atom stereocenters. The van der Waals surface area contributed by atoms with Gasteiger partial charge < -0.3 is 9.84 Å². The summed E-state index contributed by atoms with van der Waals surface area (Å²) in [4.78, 5) is 18.7. The van der Waals surface area contributed by atoms with Crippen molar-refractivity contribution in [2.45, 2.75) is 39.2 Å². The average molecular weight is 360 g/mol. The van der Waals surface area contributed by atoms with E-state index in [0.717, 1.165) is 50.9 Å². The number of nitrogens with zero attached hydrogens (tertiary/aromatic N) is 3. The van der Waals surface area contributed by atoms with E-state index in [0.29, 0.717) is 18.3 Å². The van der Waals surface area contributed by atoms with Gasteiger partial charge in [0.25, 0.3) is 0 Å². The second-order valence-corrected chi connectivity index (χ2v) is 6.71. The van der Waals surface area contributed by atoms with Crippen LogP contribution in [0.3, 0.4) is 0 Å². The summed E-state index contributed by atoms with van der Waals surface area (Å²) in [7, 11) is 0. The van der Waals surface area contributed by atoms with Crippen LogP contribution in [0.15, 0.2) is 28.8 Å². The molecule has 1 aliphatic rings. The van der Waals surface area contributed by atoms with E-state index in [2.05, 4.69) is 27.3 Å². The van der Waals surface area contributed by atoms with Gasteiger partial charge in [0, 0.05) is 18.0 Å². The van der Waals surface area contributed by atoms with Crippen molar-refractivity contribution in [1.82, 2.24) is 20.4 Å². The summed E-state index contributed by atoms with van der Waals surface area (Å²) in [5.41, 5.74) is 0.726. The number of hydrogen-bond acceptors (Lipinski definition) is 5. The third kappa shape index (κ3) is 4.88. The highest BCUT2D eigenvalue weighted by atomic mass is 19.1. The molecule has 1 aromatic heterocycles. The first kappa shape index (κ1) is 18.5. The van der Waals surface area contributed by atoms with Gasteiger partial charge in [-0.3, -0.25) is 9.69 Å². The zero-order chi connectivity index (χ0) is 18.4. The molecule has 1 aliphatic heterocycles. The molecule has 0 spiro atoms. The van der Waals surface area contributed by atoms with E-state index in [1.165, 1.54) is 12.1 Å². The minimum atomic E-state index is -0.293. The van der Waals surface area contributed by atoms with Crippen molar-refractivity contribution >= 4 is 5.91 Å². The van der Waals surface area contributed by atoms with Crippen molar-refractivity contribution in [1.29, 1.82) is 0 Å². The number of nitrogens with one attached hydrogen (secondary N) is 1. The lowest BCUT2D eigenvalue weighted by atomic mass is 9.96. The highest BCUT2D eigenvalue weighted by Gasteiger charge is 2.25. The lowest BCUT2D eigenvalue weighted by molar-refractivity contribution is -0.126. The topological polar surface area (TPSA) is 71.3 Å². The maximum absolute atomic E-state index is 13.0. The third-order valence-corrected chi connectivity index (χ3v) is 4.72. The first-order valence-corrected chi connectivity index (χ1v) is 9.24. The summed E-state index contributed by atoms with van der Waals surface area (Å²) in [5, 5.41) is 6.99. The molecule has 140 valence electrons. The molecule has 1 N–H and O–H groups in total. The van der Waals surface area contributed by atoms with E-state index < -0.39 is 0 Å². The Morgan fingerprint density at radius 1 is 1.31 bits per heavy atom. The Labute approximate surface area is 152 Å². The number of carbonyl (C=O) groups excluding carboxylic acids is 1. The van der Waals surface area contributed by atoms with Crippen molar-refractivity contribution in [3.63, 3.8) is 0 Å². The van der Waals surface area contributed by atoms with Gasteiger partial charge in [0.05, 0.1) is 6.54 Å². The average Bonchev–Trinajstić information content (AvgIpc) is 3.11. The molecule has 0 radical (unpaired) electrons. The smallest absolute Gasteiger partial charge is 0.241 e. The maximum atomic E-state index is 13.0. The van der Waals surface area contributed by atoms with Crippen LogP contribution in [-0.4, -0.2) is 40.6 Å². The summed E-state index contributed by atoms with van der Waals surface area (Å²) < 4.78 is 18.3. The van der Waals surface area contributed by atoms with E-state index in [1.807, 2.05) is 0 Å². The minimum Gasteiger partial charge on any atom is -0.356 e.